The van der Waals surface area contributed by atoms with Crippen molar-refractivity contribution in [3.8, 4) is 0 Å². The number of hydrogen-bond donors (Lipinski definition) is 2. The Labute approximate surface area is 118 Å². The minimum atomic E-state index is -3.82. The molecule has 0 aromatic carbocycles. The molecule has 0 bridgehead atoms. The Hall–Kier alpha value is -1.41. The van der Waals surface area contributed by atoms with Crippen LogP contribution in [-0.2, 0) is 14.8 Å². The second-order valence-electron chi connectivity index (χ2n) is 5.03. The molecule has 0 amide bonds. The molecule has 1 saturated heterocycles. The van der Waals surface area contributed by atoms with Crippen LogP contribution in [0.2, 0.25) is 0 Å². The van der Waals surface area contributed by atoms with Gasteiger partial charge in [-0.05, 0) is 19.8 Å². The molecule has 1 aromatic rings. The average Bonchev–Trinajstić information content (AvgIpc) is 2.74. The van der Waals surface area contributed by atoms with Gasteiger partial charge < -0.3 is 5.11 Å². The molecule has 0 radical (unpaired) electrons. The van der Waals surface area contributed by atoms with Crippen LogP contribution in [0, 0.1) is 6.92 Å². The molecule has 0 spiro atoms. The minimum Gasteiger partial charge on any atom is -0.480 e. The standard InChI is InChI=1S/C12H19N3O4S/c1-9-11(8-13-14-9)20(18,19)15-7-5-3-2-4-6-10(15)12(16)17/h8,10H,2-7H2,1H3,(H,13,14)(H,16,17). The molecule has 1 unspecified atom stereocenters. The molecule has 1 aliphatic rings. The monoisotopic (exact) mass is 301 g/mol. The lowest BCUT2D eigenvalue weighted by atomic mass is 10.0. The first-order valence-electron chi connectivity index (χ1n) is 6.69. The summed E-state index contributed by atoms with van der Waals surface area (Å²) in [5.74, 6) is -1.09. The summed E-state index contributed by atoms with van der Waals surface area (Å²) in [4.78, 5) is 11.5. The third-order valence-corrected chi connectivity index (χ3v) is 5.63. The van der Waals surface area contributed by atoms with E-state index in [1.807, 2.05) is 0 Å². The van der Waals surface area contributed by atoms with Crippen LogP contribution in [-0.4, -0.2) is 46.6 Å². The molecule has 2 rings (SSSR count). The second-order valence-corrected chi connectivity index (χ2v) is 6.89. The molecule has 8 heteroatoms. The highest BCUT2D eigenvalue weighted by molar-refractivity contribution is 7.89. The third kappa shape index (κ3) is 2.85. The summed E-state index contributed by atoms with van der Waals surface area (Å²) >= 11 is 0. The van der Waals surface area contributed by atoms with Crippen LogP contribution in [0.5, 0.6) is 0 Å². The summed E-state index contributed by atoms with van der Waals surface area (Å²) in [7, 11) is -3.82. The molecule has 0 aliphatic carbocycles. The minimum absolute atomic E-state index is 0.0596. The highest BCUT2D eigenvalue weighted by atomic mass is 32.2. The van der Waals surface area contributed by atoms with Crippen molar-refractivity contribution in [1.82, 2.24) is 14.5 Å². The summed E-state index contributed by atoms with van der Waals surface area (Å²) in [6, 6.07) is -0.991. The van der Waals surface area contributed by atoms with Gasteiger partial charge in [0.2, 0.25) is 10.0 Å². The quantitative estimate of drug-likeness (QED) is 0.871. The SMILES string of the molecule is Cc1[nH]ncc1S(=O)(=O)N1CCCCCCC1C(=O)O. The number of aryl methyl sites for hydroxylation is 1. The Morgan fingerprint density at radius 1 is 1.40 bits per heavy atom. The first-order valence-corrected chi connectivity index (χ1v) is 8.13. The second kappa shape index (κ2) is 5.92. The number of nitrogens with one attached hydrogen (secondary N) is 1. The van der Waals surface area contributed by atoms with E-state index in [1.165, 1.54) is 6.20 Å². The van der Waals surface area contributed by atoms with Gasteiger partial charge in [-0.1, -0.05) is 19.3 Å². The van der Waals surface area contributed by atoms with Crippen LogP contribution in [0.4, 0.5) is 0 Å². The van der Waals surface area contributed by atoms with E-state index in [0.29, 0.717) is 18.5 Å². The average molecular weight is 301 g/mol. The maximum absolute atomic E-state index is 12.7. The normalized spacial score (nSPS) is 22.1. The Balaban J connectivity index is 2.39. The van der Waals surface area contributed by atoms with Gasteiger partial charge in [0.15, 0.2) is 0 Å². The number of hydrogen-bond acceptors (Lipinski definition) is 4. The Morgan fingerprint density at radius 3 is 2.70 bits per heavy atom. The highest BCUT2D eigenvalue weighted by Gasteiger charge is 2.37. The van der Waals surface area contributed by atoms with E-state index in [-0.39, 0.29) is 11.4 Å². The number of aliphatic carboxylic acids is 1. The first kappa shape index (κ1) is 15.0. The van der Waals surface area contributed by atoms with Crippen LogP contribution >= 0.6 is 0 Å². The van der Waals surface area contributed by atoms with Gasteiger partial charge >= 0.3 is 5.97 Å². The number of carbonyl (C=O) groups is 1. The zero-order valence-electron chi connectivity index (χ0n) is 11.4. The van der Waals surface area contributed by atoms with E-state index in [1.54, 1.807) is 6.92 Å². The fourth-order valence-electron chi connectivity index (χ4n) is 2.52. The van der Waals surface area contributed by atoms with Gasteiger partial charge in [0.05, 0.1) is 11.9 Å². The lowest BCUT2D eigenvalue weighted by molar-refractivity contribution is -0.141. The number of carboxylic acids is 1. The van der Waals surface area contributed by atoms with E-state index >= 15 is 0 Å². The topological polar surface area (TPSA) is 103 Å². The van der Waals surface area contributed by atoms with Crippen molar-refractivity contribution >= 4 is 16.0 Å². The van der Waals surface area contributed by atoms with Crippen molar-refractivity contribution in [1.29, 1.82) is 0 Å². The predicted molar refractivity (Wildman–Crippen MR) is 71.7 cm³/mol. The van der Waals surface area contributed by atoms with Crippen molar-refractivity contribution in [3.63, 3.8) is 0 Å². The van der Waals surface area contributed by atoms with E-state index in [0.717, 1.165) is 23.6 Å². The molecule has 1 aromatic heterocycles. The predicted octanol–water partition coefficient (Wildman–Crippen LogP) is 1.13. The van der Waals surface area contributed by atoms with Crippen LogP contribution in [0.1, 0.15) is 37.8 Å². The van der Waals surface area contributed by atoms with Gasteiger partial charge in [0.1, 0.15) is 10.9 Å². The molecule has 20 heavy (non-hydrogen) atoms. The maximum atomic E-state index is 12.7. The molecule has 1 aliphatic heterocycles. The first-order chi connectivity index (χ1) is 9.44. The molecule has 2 heterocycles. The van der Waals surface area contributed by atoms with Gasteiger partial charge in [0.25, 0.3) is 0 Å². The van der Waals surface area contributed by atoms with Crippen molar-refractivity contribution in [2.24, 2.45) is 0 Å². The third-order valence-electron chi connectivity index (χ3n) is 3.61. The Morgan fingerprint density at radius 2 is 2.10 bits per heavy atom. The number of aromatic amines is 1. The lowest BCUT2D eigenvalue weighted by Gasteiger charge is -2.29. The van der Waals surface area contributed by atoms with Crippen LogP contribution in [0.3, 0.4) is 0 Å². The zero-order valence-corrected chi connectivity index (χ0v) is 12.2. The molecular formula is C12H19N3O4S. The molecule has 112 valence electrons. The van der Waals surface area contributed by atoms with Gasteiger partial charge in [0, 0.05) is 6.54 Å². The number of sulfonamides is 1. The number of nitrogens with zero attached hydrogens (tertiary/aromatic N) is 2. The Bertz CT molecular complexity index is 581. The van der Waals surface area contributed by atoms with E-state index < -0.39 is 22.0 Å². The lowest BCUT2D eigenvalue weighted by Crippen LogP contribution is -2.46. The number of aromatic nitrogens is 2. The maximum Gasteiger partial charge on any atom is 0.322 e. The molecule has 1 atom stereocenters. The van der Waals surface area contributed by atoms with Gasteiger partial charge in [-0.3, -0.25) is 9.89 Å². The van der Waals surface area contributed by atoms with Crippen LogP contribution in [0.25, 0.3) is 0 Å². The van der Waals surface area contributed by atoms with Crippen molar-refractivity contribution in [3.05, 3.63) is 11.9 Å². The fourth-order valence-corrected chi connectivity index (χ4v) is 4.29. The molecule has 0 saturated carbocycles. The van der Waals surface area contributed by atoms with E-state index in [9.17, 15) is 18.3 Å². The molecule has 1 fully saturated rings. The van der Waals surface area contributed by atoms with Gasteiger partial charge in [-0.25, -0.2) is 8.42 Å². The van der Waals surface area contributed by atoms with Crippen LogP contribution < -0.4 is 0 Å². The Kier molecular flexibility index (Phi) is 4.44. The van der Waals surface area contributed by atoms with Crippen LogP contribution in [0.15, 0.2) is 11.1 Å². The summed E-state index contributed by atoms with van der Waals surface area (Å²) < 4.78 is 26.4. The van der Waals surface area contributed by atoms with Crippen molar-refractivity contribution < 1.29 is 18.3 Å². The van der Waals surface area contributed by atoms with E-state index in [4.69, 9.17) is 0 Å². The van der Waals surface area contributed by atoms with Gasteiger partial charge in [-0.2, -0.15) is 9.40 Å². The van der Waals surface area contributed by atoms with Crippen molar-refractivity contribution in [2.45, 2.75) is 50.0 Å². The zero-order chi connectivity index (χ0) is 14.8. The number of H-pyrrole nitrogens is 1. The summed E-state index contributed by atoms with van der Waals surface area (Å²) in [6.07, 6.45) is 4.87. The molecule has 7 nitrogen and oxygen atoms in total. The summed E-state index contributed by atoms with van der Waals surface area (Å²) in [5, 5.41) is 15.6. The summed E-state index contributed by atoms with van der Waals surface area (Å²) in [6.45, 7) is 1.85. The number of rotatable bonds is 3. The smallest absolute Gasteiger partial charge is 0.322 e. The van der Waals surface area contributed by atoms with E-state index in [2.05, 4.69) is 10.2 Å². The van der Waals surface area contributed by atoms with Crippen molar-refractivity contribution in [2.75, 3.05) is 6.54 Å². The fraction of sp³-hybridized carbons (Fsp3) is 0.667. The molecule has 2 N–H and O–H groups in total. The summed E-state index contributed by atoms with van der Waals surface area (Å²) in [5.41, 5.74) is 0.427. The molecular weight excluding hydrogens is 282 g/mol. The highest BCUT2D eigenvalue weighted by Crippen LogP contribution is 2.25. The number of carboxylic acid groups (broad SMARTS) is 1. The van der Waals surface area contributed by atoms with Gasteiger partial charge in [-0.15, -0.1) is 0 Å². The largest absolute Gasteiger partial charge is 0.480 e.